The molecule has 3 nitrogen and oxygen atoms in total. The monoisotopic (exact) mass is 287 g/mol. The van der Waals surface area contributed by atoms with Gasteiger partial charge in [0.25, 0.3) is 0 Å². The number of aliphatic hydroxyl groups is 1. The molecule has 1 saturated carbocycles. The predicted molar refractivity (Wildman–Crippen MR) is 74.0 cm³/mol. The fourth-order valence-electron chi connectivity index (χ4n) is 2.13. The predicted octanol–water partition coefficient (Wildman–Crippen LogP) is 3.42. The molecule has 98 valence electrons. The average Bonchev–Trinajstić information content (AvgIpc) is 2.33. The second-order valence-electron chi connectivity index (χ2n) is 4.59. The number of benzene rings is 1. The van der Waals surface area contributed by atoms with Crippen molar-refractivity contribution >= 4 is 29.4 Å². The summed E-state index contributed by atoms with van der Waals surface area (Å²) in [6, 6.07) is 3.39. The highest BCUT2D eigenvalue weighted by molar-refractivity contribution is 6.37. The van der Waals surface area contributed by atoms with E-state index in [1.807, 2.05) is 0 Å². The summed E-state index contributed by atoms with van der Waals surface area (Å²) in [5.74, 6) is -0.108. The van der Waals surface area contributed by atoms with Crippen molar-refractivity contribution in [3.05, 3.63) is 27.7 Å². The summed E-state index contributed by atoms with van der Waals surface area (Å²) in [6.45, 7) is 0. The largest absolute Gasteiger partial charge is 0.505 e. The normalized spacial score (nSPS) is 24.6. The zero-order chi connectivity index (χ0) is 13.1. The smallest absolute Gasteiger partial charge is 0.152 e. The Morgan fingerprint density at radius 3 is 2.50 bits per heavy atom. The van der Waals surface area contributed by atoms with Crippen LogP contribution < -0.4 is 0 Å². The van der Waals surface area contributed by atoms with Gasteiger partial charge in [-0.15, -0.1) is 0 Å². The quantitative estimate of drug-likeness (QED) is 0.819. The number of hydrogen-bond acceptors (Lipinski definition) is 3. The van der Waals surface area contributed by atoms with Crippen molar-refractivity contribution in [3.8, 4) is 5.75 Å². The zero-order valence-electron chi connectivity index (χ0n) is 9.81. The lowest BCUT2D eigenvalue weighted by Gasteiger charge is -2.22. The summed E-state index contributed by atoms with van der Waals surface area (Å²) in [4.78, 5) is 4.43. The van der Waals surface area contributed by atoms with E-state index < -0.39 is 0 Å². The Morgan fingerprint density at radius 2 is 1.89 bits per heavy atom. The molecule has 1 aromatic carbocycles. The Morgan fingerprint density at radius 1 is 1.22 bits per heavy atom. The first kappa shape index (κ1) is 13.7. The topological polar surface area (TPSA) is 52.8 Å². The van der Waals surface area contributed by atoms with Gasteiger partial charge < -0.3 is 10.2 Å². The van der Waals surface area contributed by atoms with Gasteiger partial charge in [-0.05, 0) is 43.4 Å². The van der Waals surface area contributed by atoms with Gasteiger partial charge in [0.2, 0.25) is 0 Å². The molecule has 5 heteroatoms. The van der Waals surface area contributed by atoms with Gasteiger partial charge in [-0.1, -0.05) is 23.2 Å². The summed E-state index contributed by atoms with van der Waals surface area (Å²) in [5, 5.41) is 19.4. The molecule has 2 rings (SSSR count). The number of phenolic OH excluding ortho intramolecular Hbond substituents is 1. The van der Waals surface area contributed by atoms with E-state index in [4.69, 9.17) is 23.2 Å². The molecule has 18 heavy (non-hydrogen) atoms. The van der Waals surface area contributed by atoms with Crippen LogP contribution in [0.2, 0.25) is 10.0 Å². The number of phenols is 1. The van der Waals surface area contributed by atoms with Crippen molar-refractivity contribution in [2.75, 3.05) is 0 Å². The first-order chi connectivity index (χ1) is 8.56. The van der Waals surface area contributed by atoms with Crippen LogP contribution in [0.4, 0.5) is 0 Å². The summed E-state index contributed by atoms with van der Waals surface area (Å²) >= 11 is 11.7. The molecule has 0 unspecified atom stereocenters. The first-order valence-corrected chi connectivity index (χ1v) is 6.71. The molecule has 1 aliphatic rings. The molecule has 0 heterocycles. The van der Waals surface area contributed by atoms with E-state index in [0.717, 1.165) is 24.8 Å². The number of aliphatic hydroxyl groups excluding tert-OH is 1. The lowest BCUT2D eigenvalue weighted by Crippen LogP contribution is -2.22. The van der Waals surface area contributed by atoms with Crippen LogP contribution in [0.25, 0.3) is 0 Å². The number of aliphatic imine (C=N–C) groups is 1. The third kappa shape index (κ3) is 3.37. The Kier molecular flexibility index (Phi) is 4.49. The molecule has 1 aliphatic carbocycles. The minimum Gasteiger partial charge on any atom is -0.505 e. The van der Waals surface area contributed by atoms with Crippen molar-refractivity contribution in [2.45, 2.75) is 37.8 Å². The third-order valence-electron chi connectivity index (χ3n) is 3.09. The molecule has 1 fully saturated rings. The van der Waals surface area contributed by atoms with Crippen LogP contribution in [0, 0.1) is 0 Å². The standard InChI is InChI=1S/C13H15Cl2NO2/c14-11-4-8(5-12(15)13(11)18)7-16-9-2-1-3-10(17)6-9/h4-5,7,9-10,17-18H,1-3,6H2/t9-,10+/m1/s1. The van der Waals surface area contributed by atoms with E-state index in [1.165, 1.54) is 0 Å². The van der Waals surface area contributed by atoms with E-state index >= 15 is 0 Å². The van der Waals surface area contributed by atoms with Crippen LogP contribution in [-0.4, -0.2) is 28.6 Å². The Labute approximate surface area is 116 Å². The molecule has 2 N–H and O–H groups in total. The van der Waals surface area contributed by atoms with Crippen molar-refractivity contribution in [1.29, 1.82) is 0 Å². The molecule has 0 aliphatic heterocycles. The van der Waals surface area contributed by atoms with Crippen molar-refractivity contribution in [2.24, 2.45) is 4.99 Å². The van der Waals surface area contributed by atoms with E-state index in [2.05, 4.69) is 4.99 Å². The van der Waals surface area contributed by atoms with Gasteiger partial charge in [0, 0.05) is 6.21 Å². The van der Waals surface area contributed by atoms with Crippen molar-refractivity contribution in [3.63, 3.8) is 0 Å². The van der Waals surface area contributed by atoms with Gasteiger partial charge in [0.15, 0.2) is 5.75 Å². The van der Waals surface area contributed by atoms with Gasteiger partial charge in [0.1, 0.15) is 0 Å². The number of rotatable bonds is 2. The summed E-state index contributed by atoms with van der Waals surface area (Å²) in [6.07, 6.45) is 5.01. The van der Waals surface area contributed by atoms with E-state index in [1.54, 1.807) is 18.3 Å². The van der Waals surface area contributed by atoms with E-state index in [0.29, 0.717) is 6.42 Å². The van der Waals surface area contributed by atoms with Gasteiger partial charge >= 0.3 is 0 Å². The molecule has 0 spiro atoms. The molecular formula is C13H15Cl2NO2. The van der Waals surface area contributed by atoms with Crippen molar-refractivity contribution in [1.82, 2.24) is 0 Å². The number of hydrogen-bond donors (Lipinski definition) is 2. The maximum absolute atomic E-state index is 9.55. The molecule has 0 aromatic heterocycles. The van der Waals surface area contributed by atoms with Crippen LogP contribution in [0.3, 0.4) is 0 Å². The highest BCUT2D eigenvalue weighted by Crippen LogP contribution is 2.32. The fraction of sp³-hybridized carbons (Fsp3) is 0.462. The molecule has 0 bridgehead atoms. The minimum absolute atomic E-state index is 0.108. The van der Waals surface area contributed by atoms with Crippen LogP contribution in [0.5, 0.6) is 5.75 Å². The summed E-state index contributed by atoms with van der Waals surface area (Å²) in [7, 11) is 0. The summed E-state index contributed by atoms with van der Waals surface area (Å²) < 4.78 is 0. The van der Waals surface area contributed by atoms with E-state index in [9.17, 15) is 10.2 Å². The SMILES string of the molecule is Oc1c(Cl)cc(C=N[C@@H]2CCC[C@H](O)C2)cc1Cl. The fourth-order valence-corrected chi connectivity index (χ4v) is 2.63. The highest BCUT2D eigenvalue weighted by atomic mass is 35.5. The molecule has 1 aromatic rings. The number of halogens is 2. The molecule has 2 atom stereocenters. The molecular weight excluding hydrogens is 273 g/mol. The average molecular weight is 288 g/mol. The minimum atomic E-state index is -0.243. The molecule has 0 saturated heterocycles. The van der Waals surface area contributed by atoms with Gasteiger partial charge in [-0.2, -0.15) is 0 Å². The second kappa shape index (κ2) is 5.91. The van der Waals surface area contributed by atoms with Crippen molar-refractivity contribution < 1.29 is 10.2 Å². The second-order valence-corrected chi connectivity index (χ2v) is 5.40. The third-order valence-corrected chi connectivity index (χ3v) is 3.67. The van der Waals surface area contributed by atoms with Crippen LogP contribution >= 0.6 is 23.2 Å². The lowest BCUT2D eigenvalue weighted by atomic mass is 9.93. The van der Waals surface area contributed by atoms with Crippen LogP contribution in [0.1, 0.15) is 31.2 Å². The lowest BCUT2D eigenvalue weighted by molar-refractivity contribution is 0.121. The van der Waals surface area contributed by atoms with Gasteiger partial charge in [-0.25, -0.2) is 0 Å². The number of aromatic hydroxyl groups is 1. The van der Waals surface area contributed by atoms with E-state index in [-0.39, 0.29) is 27.9 Å². The Balaban J connectivity index is 2.09. The molecule has 0 radical (unpaired) electrons. The number of nitrogens with zero attached hydrogens (tertiary/aromatic N) is 1. The Bertz CT molecular complexity index is 439. The molecule has 0 amide bonds. The van der Waals surface area contributed by atoms with Crippen LogP contribution in [0.15, 0.2) is 17.1 Å². The Hall–Kier alpha value is -0.770. The summed E-state index contributed by atoms with van der Waals surface area (Å²) in [5.41, 5.74) is 0.753. The highest BCUT2D eigenvalue weighted by Gasteiger charge is 2.18. The van der Waals surface area contributed by atoms with Gasteiger partial charge in [-0.3, -0.25) is 4.99 Å². The first-order valence-electron chi connectivity index (χ1n) is 5.95. The maximum Gasteiger partial charge on any atom is 0.152 e. The van der Waals surface area contributed by atoms with Crippen LogP contribution in [-0.2, 0) is 0 Å². The zero-order valence-corrected chi connectivity index (χ0v) is 11.3. The van der Waals surface area contributed by atoms with Gasteiger partial charge in [0.05, 0.1) is 22.2 Å². The maximum atomic E-state index is 9.55.